The molecule has 0 heterocycles. The van der Waals surface area contributed by atoms with E-state index in [4.69, 9.17) is 33.2 Å². The van der Waals surface area contributed by atoms with Crippen LogP contribution in [0.1, 0.15) is 54.4 Å². The van der Waals surface area contributed by atoms with Crippen LogP contribution < -0.4 is 0 Å². The highest BCUT2D eigenvalue weighted by Gasteiger charge is 2.20. The lowest BCUT2D eigenvalue weighted by Crippen LogP contribution is -2.22. The molecule has 0 saturated heterocycles. The summed E-state index contributed by atoms with van der Waals surface area (Å²) in [7, 11) is 0. The van der Waals surface area contributed by atoms with Crippen LogP contribution in [0.15, 0.2) is 0 Å². The van der Waals surface area contributed by atoms with Gasteiger partial charge in [-0.15, -0.1) is 0 Å². The van der Waals surface area contributed by atoms with Crippen LogP contribution in [0.25, 0.3) is 0 Å². The lowest BCUT2D eigenvalue weighted by Gasteiger charge is -2.16. The molecule has 9 nitrogen and oxygen atoms in total. The number of rotatable bonds is 24. The summed E-state index contributed by atoms with van der Waals surface area (Å²) in [6.07, 6.45) is 0.869. The number of hydrogen-bond donors (Lipinski definition) is 0. The van der Waals surface area contributed by atoms with Crippen molar-refractivity contribution in [2.75, 3.05) is 92.5 Å². The molecule has 9 heteroatoms. The summed E-state index contributed by atoms with van der Waals surface area (Å²) in [6.45, 7) is 18.2. The Morgan fingerprint density at radius 3 is 0.714 bits per heavy atom. The highest BCUT2D eigenvalue weighted by molar-refractivity contribution is 5.84. The first-order valence-electron chi connectivity index (χ1n) is 12.7. The fourth-order valence-corrected chi connectivity index (χ4v) is 2.50. The molecule has 0 N–H and O–H groups in total. The maximum Gasteiger partial charge on any atom is 0.140 e. The number of ether oxygens (including phenoxy) is 7. The van der Waals surface area contributed by atoms with E-state index in [-0.39, 0.29) is 22.4 Å². The van der Waals surface area contributed by atoms with Crippen LogP contribution in [0.5, 0.6) is 0 Å². The van der Waals surface area contributed by atoms with E-state index in [2.05, 4.69) is 0 Å². The predicted molar refractivity (Wildman–Crippen MR) is 134 cm³/mol. The summed E-state index contributed by atoms with van der Waals surface area (Å²) in [5, 5.41) is 0. The number of ketones is 2. The number of Topliss-reactive ketones (excluding diaryl/α,β-unsaturated/α-hetero) is 2. The molecule has 0 bridgehead atoms. The summed E-state index contributed by atoms with van der Waals surface area (Å²) < 4.78 is 38.0. The average Bonchev–Trinajstić information content (AvgIpc) is 2.77. The molecule has 0 aliphatic carbocycles. The molecule has 0 radical (unpaired) electrons. The smallest absolute Gasteiger partial charge is 0.140 e. The fraction of sp³-hybridized carbons (Fsp3) is 0.923. The lowest BCUT2D eigenvalue weighted by molar-refractivity contribution is -0.128. The Morgan fingerprint density at radius 1 is 0.371 bits per heavy atom. The molecule has 0 rings (SSSR count). The topological polar surface area (TPSA) is 98.8 Å². The van der Waals surface area contributed by atoms with Crippen molar-refractivity contribution in [3.63, 3.8) is 0 Å². The summed E-state index contributed by atoms with van der Waals surface area (Å²) in [5.41, 5.74) is -0.619. The average molecular weight is 507 g/mol. The molecule has 0 aromatic carbocycles. The van der Waals surface area contributed by atoms with Crippen LogP contribution >= 0.6 is 0 Å². The van der Waals surface area contributed by atoms with E-state index in [1.807, 2.05) is 41.5 Å². The minimum absolute atomic E-state index is 0.203. The van der Waals surface area contributed by atoms with Crippen molar-refractivity contribution in [3.05, 3.63) is 0 Å². The van der Waals surface area contributed by atoms with Crippen LogP contribution in [0.4, 0.5) is 0 Å². The Morgan fingerprint density at radius 2 is 0.543 bits per heavy atom. The standard InChI is InChI=1S/C26H50O9/c1-25(2,3)23(27)7-9-29-11-13-31-15-17-33-19-21-35-22-20-34-18-16-32-14-12-30-10-8-24(28)26(4,5)6/h7-22H2,1-6H3. The van der Waals surface area contributed by atoms with E-state index in [9.17, 15) is 9.59 Å². The Balaban J connectivity index is 3.17. The number of carbonyl (C=O) groups is 2. The van der Waals surface area contributed by atoms with E-state index in [0.717, 1.165) is 0 Å². The van der Waals surface area contributed by atoms with Gasteiger partial charge in [-0.3, -0.25) is 9.59 Å². The maximum atomic E-state index is 11.7. The Bertz CT molecular complexity index is 478. The first-order valence-corrected chi connectivity index (χ1v) is 12.7. The van der Waals surface area contributed by atoms with Crippen LogP contribution in [-0.4, -0.2) is 104 Å². The van der Waals surface area contributed by atoms with Gasteiger partial charge >= 0.3 is 0 Å². The fourth-order valence-electron chi connectivity index (χ4n) is 2.50. The first-order chi connectivity index (χ1) is 16.5. The largest absolute Gasteiger partial charge is 0.379 e. The van der Waals surface area contributed by atoms with Gasteiger partial charge in [-0.2, -0.15) is 0 Å². The Kier molecular flexibility index (Phi) is 20.6. The molecule has 0 aliphatic heterocycles. The molecular weight excluding hydrogens is 456 g/mol. The SMILES string of the molecule is CC(C)(C)C(=O)CCOCCOCCOCCOCCOCCOCCOCCC(=O)C(C)(C)C. The van der Waals surface area contributed by atoms with Crippen molar-refractivity contribution < 1.29 is 42.7 Å². The molecule has 0 unspecified atom stereocenters. The van der Waals surface area contributed by atoms with Gasteiger partial charge in [-0.05, 0) is 0 Å². The van der Waals surface area contributed by atoms with Crippen molar-refractivity contribution >= 4 is 11.6 Å². The molecule has 0 aromatic heterocycles. The molecule has 35 heavy (non-hydrogen) atoms. The van der Waals surface area contributed by atoms with Crippen molar-refractivity contribution in [3.8, 4) is 0 Å². The van der Waals surface area contributed by atoms with Crippen LogP contribution in [0.2, 0.25) is 0 Å². The number of carbonyl (C=O) groups excluding carboxylic acids is 2. The first kappa shape index (κ1) is 34.1. The van der Waals surface area contributed by atoms with Gasteiger partial charge in [0.1, 0.15) is 11.6 Å². The summed E-state index contributed by atoms with van der Waals surface area (Å²) in [5.74, 6) is 0.407. The van der Waals surface area contributed by atoms with Crippen molar-refractivity contribution in [1.29, 1.82) is 0 Å². The van der Waals surface area contributed by atoms with Crippen LogP contribution in [-0.2, 0) is 42.7 Å². The molecule has 0 atom stereocenters. The molecule has 0 aliphatic rings. The molecule has 0 fully saturated rings. The quantitative estimate of drug-likeness (QED) is 0.183. The Hall–Kier alpha value is -0.940. The van der Waals surface area contributed by atoms with E-state index >= 15 is 0 Å². The molecule has 0 amide bonds. The van der Waals surface area contributed by atoms with E-state index < -0.39 is 0 Å². The summed E-state index contributed by atoms with van der Waals surface area (Å²) in [6, 6.07) is 0. The zero-order chi connectivity index (χ0) is 26.4. The highest BCUT2D eigenvalue weighted by atomic mass is 16.6. The predicted octanol–water partition coefficient (Wildman–Crippen LogP) is 3.11. The third-order valence-electron chi connectivity index (χ3n) is 4.85. The molecule has 0 saturated carbocycles. The molecule has 0 spiro atoms. The van der Waals surface area contributed by atoms with Crippen LogP contribution in [0, 0.1) is 10.8 Å². The second kappa shape index (κ2) is 21.2. The minimum Gasteiger partial charge on any atom is -0.379 e. The molecule has 0 aromatic rings. The van der Waals surface area contributed by atoms with E-state index in [1.165, 1.54) is 0 Å². The summed E-state index contributed by atoms with van der Waals surface area (Å²) in [4.78, 5) is 23.5. The van der Waals surface area contributed by atoms with Crippen molar-refractivity contribution in [2.24, 2.45) is 10.8 Å². The normalized spacial score (nSPS) is 12.3. The van der Waals surface area contributed by atoms with Gasteiger partial charge in [-0.1, -0.05) is 41.5 Å². The van der Waals surface area contributed by atoms with Gasteiger partial charge in [0.05, 0.1) is 92.5 Å². The highest BCUT2D eigenvalue weighted by Crippen LogP contribution is 2.17. The van der Waals surface area contributed by atoms with E-state index in [1.54, 1.807) is 0 Å². The Labute approximate surface area is 212 Å². The van der Waals surface area contributed by atoms with Crippen molar-refractivity contribution in [1.82, 2.24) is 0 Å². The maximum absolute atomic E-state index is 11.7. The second-order valence-electron chi connectivity index (χ2n) is 10.1. The molecular formula is C26H50O9. The minimum atomic E-state index is -0.310. The summed E-state index contributed by atoms with van der Waals surface area (Å²) >= 11 is 0. The van der Waals surface area contributed by atoms with Gasteiger partial charge in [-0.25, -0.2) is 0 Å². The third-order valence-corrected chi connectivity index (χ3v) is 4.85. The van der Waals surface area contributed by atoms with Gasteiger partial charge in [0.2, 0.25) is 0 Å². The number of hydrogen-bond acceptors (Lipinski definition) is 9. The van der Waals surface area contributed by atoms with Gasteiger partial charge < -0.3 is 33.2 Å². The molecule has 208 valence electrons. The van der Waals surface area contributed by atoms with Gasteiger partial charge in [0.15, 0.2) is 0 Å². The monoisotopic (exact) mass is 506 g/mol. The zero-order valence-corrected chi connectivity index (χ0v) is 23.0. The van der Waals surface area contributed by atoms with E-state index in [0.29, 0.717) is 105 Å². The van der Waals surface area contributed by atoms with Gasteiger partial charge in [0, 0.05) is 23.7 Å². The van der Waals surface area contributed by atoms with Crippen LogP contribution in [0.3, 0.4) is 0 Å². The third kappa shape index (κ3) is 23.2. The second-order valence-corrected chi connectivity index (χ2v) is 10.1. The zero-order valence-electron chi connectivity index (χ0n) is 23.0. The lowest BCUT2D eigenvalue weighted by atomic mass is 9.89. The van der Waals surface area contributed by atoms with Gasteiger partial charge in [0.25, 0.3) is 0 Å². The van der Waals surface area contributed by atoms with Crippen molar-refractivity contribution in [2.45, 2.75) is 54.4 Å².